The number of unbranched alkanes of at least 4 members (excludes halogenated alkanes) is 1. The zero-order valence-corrected chi connectivity index (χ0v) is 30.8. The molecule has 0 atom stereocenters. The quantitative estimate of drug-likeness (QED) is 0.166. The third kappa shape index (κ3) is 10.7. The number of amides is 2. The fraction of sp³-hybridized carbons (Fsp3) is 0.632. The predicted octanol–water partition coefficient (Wildman–Crippen LogP) is 9.84. The molecule has 45 heavy (non-hydrogen) atoms. The van der Waals surface area contributed by atoms with Crippen LogP contribution in [0.3, 0.4) is 0 Å². The third-order valence-electron chi connectivity index (χ3n) is 8.14. The van der Waals surface area contributed by atoms with E-state index in [1.807, 2.05) is 29.2 Å². The first kappa shape index (κ1) is 38.5. The Labute approximate surface area is 278 Å². The van der Waals surface area contributed by atoms with E-state index in [0.29, 0.717) is 30.2 Å². The number of nitrogens with one attached hydrogen (secondary N) is 1. The predicted molar refractivity (Wildman–Crippen MR) is 190 cm³/mol. The van der Waals surface area contributed by atoms with Gasteiger partial charge in [-0.3, -0.25) is 9.59 Å². The van der Waals surface area contributed by atoms with E-state index in [2.05, 4.69) is 88.4 Å². The standard InChI is InChI=1S/C19H30ClNO2.C19H29NO2/c1-18(2,3)14-11-13(21-16(22)9-7-8-10-20)12-15(17(14)23)19(4,5)6;1-18(2,3)14-11-13(20-10-8-7-9-16(20)21)12-15(17(14)22)19(4,5)6/h11-12,23H,7-10H2,1-6H3,(H,21,22);11-12,22H,7-10H2,1-6H3. The molecule has 0 radical (unpaired) electrons. The minimum absolute atomic E-state index is 0.0134. The summed E-state index contributed by atoms with van der Waals surface area (Å²) in [7, 11) is 0. The van der Waals surface area contributed by atoms with Crippen LogP contribution in [0.25, 0.3) is 0 Å². The van der Waals surface area contributed by atoms with Crippen molar-refractivity contribution in [2.24, 2.45) is 0 Å². The van der Waals surface area contributed by atoms with Crippen LogP contribution in [-0.4, -0.2) is 34.5 Å². The van der Waals surface area contributed by atoms with Crippen molar-refractivity contribution in [2.45, 2.75) is 143 Å². The number of phenols is 2. The highest BCUT2D eigenvalue weighted by Crippen LogP contribution is 2.43. The molecule has 2 amide bonds. The Kier molecular flexibility index (Phi) is 12.6. The minimum Gasteiger partial charge on any atom is -0.507 e. The number of carbonyl (C=O) groups excluding carboxylic acids is 2. The fourth-order valence-electron chi connectivity index (χ4n) is 5.45. The number of benzene rings is 2. The van der Waals surface area contributed by atoms with Gasteiger partial charge < -0.3 is 20.4 Å². The number of rotatable bonds is 6. The molecular weight excluding hydrogens is 584 g/mol. The number of alkyl halides is 1. The Morgan fingerprint density at radius 1 is 0.733 bits per heavy atom. The van der Waals surface area contributed by atoms with E-state index in [-0.39, 0.29) is 33.5 Å². The van der Waals surface area contributed by atoms with Gasteiger partial charge in [0.2, 0.25) is 11.8 Å². The van der Waals surface area contributed by atoms with E-state index in [1.54, 1.807) is 0 Å². The van der Waals surface area contributed by atoms with Crippen molar-refractivity contribution in [1.82, 2.24) is 0 Å². The van der Waals surface area contributed by atoms with Gasteiger partial charge >= 0.3 is 0 Å². The number of carbonyl (C=O) groups is 2. The molecule has 0 aromatic heterocycles. The van der Waals surface area contributed by atoms with Crippen LogP contribution in [0.4, 0.5) is 11.4 Å². The summed E-state index contributed by atoms with van der Waals surface area (Å²) in [5, 5.41) is 24.4. The number of anilines is 2. The Hall–Kier alpha value is -2.73. The molecule has 7 heteroatoms. The zero-order valence-electron chi connectivity index (χ0n) is 30.0. The van der Waals surface area contributed by atoms with Crippen LogP contribution in [0.5, 0.6) is 11.5 Å². The normalized spacial score (nSPS) is 14.6. The molecule has 2 aromatic carbocycles. The lowest BCUT2D eigenvalue weighted by atomic mass is 9.79. The summed E-state index contributed by atoms with van der Waals surface area (Å²) in [6.07, 6.45) is 4.73. The molecule has 1 aliphatic heterocycles. The van der Waals surface area contributed by atoms with Crippen LogP contribution in [-0.2, 0) is 31.2 Å². The van der Waals surface area contributed by atoms with Crippen LogP contribution in [0.2, 0.25) is 0 Å². The summed E-state index contributed by atoms with van der Waals surface area (Å²) in [6, 6.07) is 7.75. The number of hydrogen-bond donors (Lipinski definition) is 3. The van der Waals surface area contributed by atoms with Gasteiger partial charge in [0.05, 0.1) is 0 Å². The Morgan fingerprint density at radius 2 is 1.16 bits per heavy atom. The minimum atomic E-state index is -0.205. The van der Waals surface area contributed by atoms with E-state index < -0.39 is 0 Å². The zero-order chi connectivity index (χ0) is 34.5. The Balaban J connectivity index is 0.000000314. The monoisotopic (exact) mass is 642 g/mol. The van der Waals surface area contributed by atoms with Gasteiger partial charge in [-0.15, -0.1) is 11.6 Å². The summed E-state index contributed by atoms with van der Waals surface area (Å²) in [4.78, 5) is 26.2. The molecule has 1 aliphatic rings. The summed E-state index contributed by atoms with van der Waals surface area (Å²) in [5.74, 6) is 1.45. The molecule has 2 aromatic rings. The van der Waals surface area contributed by atoms with Gasteiger partial charge in [0.15, 0.2) is 0 Å². The number of nitrogens with zero attached hydrogens (tertiary/aromatic N) is 1. The van der Waals surface area contributed by atoms with Crippen molar-refractivity contribution in [2.75, 3.05) is 22.6 Å². The molecule has 3 rings (SSSR count). The third-order valence-corrected chi connectivity index (χ3v) is 8.41. The highest BCUT2D eigenvalue weighted by molar-refractivity contribution is 6.17. The topological polar surface area (TPSA) is 89.9 Å². The van der Waals surface area contributed by atoms with E-state index in [1.165, 1.54) is 0 Å². The first-order valence-electron chi connectivity index (χ1n) is 16.4. The molecule has 1 heterocycles. The van der Waals surface area contributed by atoms with Gasteiger partial charge in [-0.1, -0.05) is 83.1 Å². The van der Waals surface area contributed by atoms with Crippen LogP contribution in [0, 0.1) is 0 Å². The molecule has 1 saturated heterocycles. The first-order valence-corrected chi connectivity index (χ1v) is 16.9. The maximum Gasteiger partial charge on any atom is 0.226 e. The highest BCUT2D eigenvalue weighted by atomic mass is 35.5. The number of halogens is 1. The lowest BCUT2D eigenvalue weighted by Gasteiger charge is -2.32. The van der Waals surface area contributed by atoms with Crippen molar-refractivity contribution in [3.63, 3.8) is 0 Å². The summed E-state index contributed by atoms with van der Waals surface area (Å²) in [5.41, 5.74) is 4.44. The number of phenolic OH excluding ortho intramolecular Hbond substituents is 2. The molecular formula is C38H59ClN2O4. The maximum atomic E-state index is 12.3. The Bertz CT molecular complexity index is 1270. The first-order chi connectivity index (χ1) is 20.5. The van der Waals surface area contributed by atoms with Crippen LogP contribution in [0.15, 0.2) is 24.3 Å². The average molecular weight is 643 g/mol. The van der Waals surface area contributed by atoms with Gasteiger partial charge in [0, 0.05) is 58.9 Å². The average Bonchev–Trinajstić information content (AvgIpc) is 2.88. The van der Waals surface area contributed by atoms with E-state index in [9.17, 15) is 19.8 Å². The molecule has 6 nitrogen and oxygen atoms in total. The van der Waals surface area contributed by atoms with Gasteiger partial charge in [-0.05, 0) is 71.6 Å². The number of piperidine rings is 1. The van der Waals surface area contributed by atoms with Crippen molar-refractivity contribution in [1.29, 1.82) is 0 Å². The summed E-state index contributed by atoms with van der Waals surface area (Å²) < 4.78 is 0. The van der Waals surface area contributed by atoms with E-state index in [4.69, 9.17) is 11.6 Å². The molecule has 3 N–H and O–H groups in total. The van der Waals surface area contributed by atoms with Crippen molar-refractivity contribution in [3.05, 3.63) is 46.5 Å². The number of hydrogen-bond acceptors (Lipinski definition) is 4. The molecule has 0 saturated carbocycles. The molecule has 1 fully saturated rings. The van der Waals surface area contributed by atoms with Crippen LogP contribution in [0.1, 0.15) is 144 Å². The smallest absolute Gasteiger partial charge is 0.226 e. The maximum absolute atomic E-state index is 12.3. The lowest BCUT2D eigenvalue weighted by Crippen LogP contribution is -2.35. The second-order valence-corrected chi connectivity index (χ2v) is 16.9. The van der Waals surface area contributed by atoms with Crippen LogP contribution >= 0.6 is 11.6 Å². The molecule has 0 spiro atoms. The Morgan fingerprint density at radius 3 is 1.53 bits per heavy atom. The second-order valence-electron chi connectivity index (χ2n) is 16.5. The second kappa shape index (κ2) is 14.8. The van der Waals surface area contributed by atoms with Gasteiger partial charge in [0.1, 0.15) is 11.5 Å². The highest BCUT2D eigenvalue weighted by Gasteiger charge is 2.30. The van der Waals surface area contributed by atoms with Gasteiger partial charge in [-0.2, -0.15) is 0 Å². The largest absolute Gasteiger partial charge is 0.507 e. The van der Waals surface area contributed by atoms with Crippen molar-refractivity contribution < 1.29 is 19.8 Å². The summed E-state index contributed by atoms with van der Waals surface area (Å²) in [6.45, 7) is 25.7. The molecule has 0 aliphatic carbocycles. The van der Waals surface area contributed by atoms with Crippen molar-refractivity contribution in [3.8, 4) is 11.5 Å². The summed E-state index contributed by atoms with van der Waals surface area (Å²) >= 11 is 5.65. The van der Waals surface area contributed by atoms with Crippen LogP contribution < -0.4 is 10.2 Å². The van der Waals surface area contributed by atoms with E-state index >= 15 is 0 Å². The van der Waals surface area contributed by atoms with E-state index in [0.717, 1.165) is 65.9 Å². The number of aromatic hydroxyl groups is 2. The van der Waals surface area contributed by atoms with Gasteiger partial charge in [0.25, 0.3) is 0 Å². The lowest BCUT2D eigenvalue weighted by molar-refractivity contribution is -0.119. The van der Waals surface area contributed by atoms with Crippen molar-refractivity contribution >= 4 is 34.8 Å². The SMILES string of the molecule is CC(C)(C)c1cc(N2CCCCC2=O)cc(C(C)(C)C)c1O.CC(C)(C)c1cc(NC(=O)CCCCCl)cc(C(C)(C)C)c1O. The molecule has 0 unspecified atom stereocenters. The van der Waals surface area contributed by atoms with Gasteiger partial charge in [-0.25, -0.2) is 0 Å². The molecule has 0 bridgehead atoms. The molecule has 252 valence electrons. The fourth-order valence-corrected chi connectivity index (χ4v) is 5.64.